The first kappa shape index (κ1) is 19.7. The summed E-state index contributed by atoms with van der Waals surface area (Å²) in [6.45, 7) is 7.82. The molecule has 0 aliphatic carbocycles. The predicted octanol–water partition coefficient (Wildman–Crippen LogP) is 4.66. The topological polar surface area (TPSA) is 32.8 Å². The maximum absolute atomic E-state index is 13.9. The summed E-state index contributed by atoms with van der Waals surface area (Å²) in [4.78, 5) is 17.6. The fourth-order valence-electron chi connectivity index (χ4n) is 5.26. The van der Waals surface area contributed by atoms with Crippen molar-refractivity contribution in [2.45, 2.75) is 45.2 Å². The van der Waals surface area contributed by atoms with Crippen molar-refractivity contribution in [2.75, 3.05) is 25.1 Å². The van der Waals surface area contributed by atoms with Crippen LogP contribution in [0.15, 0.2) is 42.5 Å². The molecule has 5 heteroatoms. The van der Waals surface area contributed by atoms with Crippen LogP contribution in [0.3, 0.4) is 0 Å². The number of piperidine rings is 1. The van der Waals surface area contributed by atoms with E-state index in [-0.39, 0.29) is 17.3 Å². The van der Waals surface area contributed by atoms with Crippen LogP contribution in [0.4, 0.5) is 10.1 Å². The summed E-state index contributed by atoms with van der Waals surface area (Å²) in [5.74, 6) is 0.810. The first-order valence-electron chi connectivity index (χ1n) is 10.3. The van der Waals surface area contributed by atoms with Crippen LogP contribution in [0, 0.1) is 18.7 Å². The van der Waals surface area contributed by atoms with E-state index >= 15 is 0 Å². The average molecular weight is 397 g/mol. The Hall–Kier alpha value is -2.56. The molecule has 29 heavy (non-hydrogen) atoms. The molecule has 0 spiro atoms. The molecular formula is C24H29FN2O2. The van der Waals surface area contributed by atoms with Crippen molar-refractivity contribution in [1.82, 2.24) is 4.90 Å². The van der Waals surface area contributed by atoms with Gasteiger partial charge in [-0.3, -0.25) is 4.79 Å². The number of likely N-dealkylation sites (tertiary alicyclic amines) is 1. The molecule has 2 aromatic carbocycles. The zero-order valence-corrected chi connectivity index (χ0v) is 17.6. The number of hydrogen-bond donors (Lipinski definition) is 0. The van der Waals surface area contributed by atoms with E-state index < -0.39 is 0 Å². The maximum atomic E-state index is 13.9. The summed E-state index contributed by atoms with van der Waals surface area (Å²) in [6, 6.07) is 12.9. The molecule has 4 nitrogen and oxygen atoms in total. The highest BCUT2D eigenvalue weighted by molar-refractivity contribution is 5.97. The van der Waals surface area contributed by atoms with Crippen molar-refractivity contribution in [1.29, 1.82) is 0 Å². The third-order valence-corrected chi connectivity index (χ3v) is 6.40. The number of amides is 1. The number of rotatable bonds is 3. The minimum absolute atomic E-state index is 0.0333. The van der Waals surface area contributed by atoms with Crippen LogP contribution >= 0.6 is 0 Å². The molecule has 0 saturated carbocycles. The van der Waals surface area contributed by atoms with Gasteiger partial charge in [0.1, 0.15) is 11.6 Å². The summed E-state index contributed by atoms with van der Waals surface area (Å²) in [5.41, 5.74) is 2.53. The molecular weight excluding hydrogens is 367 g/mol. The van der Waals surface area contributed by atoms with Crippen LogP contribution in [-0.2, 0) is 0 Å². The minimum Gasteiger partial charge on any atom is -0.496 e. The summed E-state index contributed by atoms with van der Waals surface area (Å²) in [7, 11) is 1.60. The molecule has 2 fully saturated rings. The SMILES string of the molecule is COc1ccc(C)cc1C(=O)N1CC[C@H]2[C@@H](C1)CC(C)(C)N2c1cccc(F)c1. The fourth-order valence-corrected chi connectivity index (χ4v) is 5.26. The summed E-state index contributed by atoms with van der Waals surface area (Å²) in [6.07, 6.45) is 1.85. The number of nitrogens with zero attached hydrogens (tertiary/aromatic N) is 2. The van der Waals surface area contributed by atoms with E-state index in [1.165, 1.54) is 6.07 Å². The Morgan fingerprint density at radius 2 is 2.00 bits per heavy atom. The van der Waals surface area contributed by atoms with Crippen molar-refractivity contribution in [3.8, 4) is 5.75 Å². The van der Waals surface area contributed by atoms with Crippen LogP contribution in [0.5, 0.6) is 5.75 Å². The Morgan fingerprint density at radius 3 is 2.72 bits per heavy atom. The Morgan fingerprint density at radius 1 is 1.21 bits per heavy atom. The van der Waals surface area contributed by atoms with Gasteiger partial charge in [0.25, 0.3) is 5.91 Å². The summed E-state index contributed by atoms with van der Waals surface area (Å²) < 4.78 is 19.3. The van der Waals surface area contributed by atoms with E-state index in [1.807, 2.05) is 36.1 Å². The van der Waals surface area contributed by atoms with Gasteiger partial charge in [-0.15, -0.1) is 0 Å². The zero-order chi connectivity index (χ0) is 20.8. The summed E-state index contributed by atoms with van der Waals surface area (Å²) >= 11 is 0. The number of carbonyl (C=O) groups excluding carboxylic acids is 1. The van der Waals surface area contributed by atoms with E-state index in [0.717, 1.165) is 30.6 Å². The monoisotopic (exact) mass is 396 g/mol. The molecule has 2 saturated heterocycles. The number of benzene rings is 2. The zero-order valence-electron chi connectivity index (χ0n) is 17.6. The van der Waals surface area contributed by atoms with Gasteiger partial charge in [-0.25, -0.2) is 4.39 Å². The highest BCUT2D eigenvalue weighted by Crippen LogP contribution is 2.45. The molecule has 2 aromatic rings. The van der Waals surface area contributed by atoms with E-state index in [0.29, 0.717) is 29.8 Å². The molecule has 0 N–H and O–H groups in total. The lowest BCUT2D eigenvalue weighted by Gasteiger charge is -2.42. The molecule has 0 aromatic heterocycles. The summed E-state index contributed by atoms with van der Waals surface area (Å²) in [5, 5.41) is 0. The van der Waals surface area contributed by atoms with E-state index in [1.54, 1.807) is 19.2 Å². The molecule has 2 atom stereocenters. The molecule has 4 rings (SSSR count). The van der Waals surface area contributed by atoms with Gasteiger partial charge >= 0.3 is 0 Å². The van der Waals surface area contributed by atoms with Crippen molar-refractivity contribution in [2.24, 2.45) is 5.92 Å². The Balaban J connectivity index is 1.57. The van der Waals surface area contributed by atoms with Crippen molar-refractivity contribution in [3.05, 3.63) is 59.4 Å². The number of aryl methyl sites for hydroxylation is 1. The molecule has 2 heterocycles. The van der Waals surface area contributed by atoms with Gasteiger partial charge in [-0.1, -0.05) is 17.7 Å². The second kappa shape index (κ2) is 7.36. The van der Waals surface area contributed by atoms with E-state index in [4.69, 9.17) is 4.74 Å². The highest BCUT2D eigenvalue weighted by Gasteiger charge is 2.48. The molecule has 154 valence electrons. The maximum Gasteiger partial charge on any atom is 0.257 e. The number of halogens is 1. The van der Waals surface area contributed by atoms with Gasteiger partial charge in [-0.05, 0) is 69.9 Å². The first-order chi connectivity index (χ1) is 13.8. The van der Waals surface area contributed by atoms with Gasteiger partial charge < -0.3 is 14.5 Å². The van der Waals surface area contributed by atoms with Crippen LogP contribution in [0.1, 0.15) is 42.6 Å². The average Bonchev–Trinajstić information content (AvgIpc) is 2.96. The lowest BCUT2D eigenvalue weighted by molar-refractivity contribution is 0.0664. The minimum atomic E-state index is -0.207. The highest BCUT2D eigenvalue weighted by atomic mass is 19.1. The lowest BCUT2D eigenvalue weighted by Crippen LogP contribution is -2.50. The van der Waals surface area contributed by atoms with Gasteiger partial charge in [-0.2, -0.15) is 0 Å². The van der Waals surface area contributed by atoms with Gasteiger partial charge in [0.2, 0.25) is 0 Å². The largest absolute Gasteiger partial charge is 0.496 e. The van der Waals surface area contributed by atoms with Gasteiger partial charge in [0, 0.05) is 30.4 Å². The predicted molar refractivity (Wildman–Crippen MR) is 113 cm³/mol. The number of anilines is 1. The smallest absolute Gasteiger partial charge is 0.257 e. The first-order valence-corrected chi connectivity index (χ1v) is 10.3. The van der Waals surface area contributed by atoms with Crippen LogP contribution in [0.25, 0.3) is 0 Å². The quantitative estimate of drug-likeness (QED) is 0.756. The van der Waals surface area contributed by atoms with Crippen molar-refractivity contribution >= 4 is 11.6 Å². The van der Waals surface area contributed by atoms with Gasteiger partial charge in [0.05, 0.1) is 12.7 Å². The Labute approximate surface area is 172 Å². The van der Waals surface area contributed by atoms with Crippen LogP contribution < -0.4 is 9.64 Å². The number of hydrogen-bond acceptors (Lipinski definition) is 3. The van der Waals surface area contributed by atoms with Crippen LogP contribution in [-0.4, -0.2) is 42.6 Å². The molecule has 2 aliphatic heterocycles. The Bertz CT molecular complexity index is 927. The van der Waals surface area contributed by atoms with E-state index in [2.05, 4.69) is 18.7 Å². The normalized spacial score (nSPS) is 23.1. The Kier molecular flexibility index (Phi) is 5.01. The van der Waals surface area contributed by atoms with Crippen LogP contribution in [0.2, 0.25) is 0 Å². The molecule has 1 amide bonds. The molecule has 0 radical (unpaired) electrons. The van der Waals surface area contributed by atoms with Crippen molar-refractivity contribution in [3.63, 3.8) is 0 Å². The van der Waals surface area contributed by atoms with Crippen molar-refractivity contribution < 1.29 is 13.9 Å². The third kappa shape index (κ3) is 3.59. The number of methoxy groups -OCH3 is 1. The van der Waals surface area contributed by atoms with E-state index in [9.17, 15) is 9.18 Å². The van der Waals surface area contributed by atoms with Gasteiger partial charge in [0.15, 0.2) is 0 Å². The lowest BCUT2D eigenvalue weighted by atomic mass is 9.89. The molecule has 0 unspecified atom stereocenters. The fraction of sp³-hybridized carbons (Fsp3) is 0.458. The second-order valence-electron chi connectivity index (χ2n) is 8.94. The molecule has 2 aliphatic rings. The number of carbonyl (C=O) groups is 1. The number of ether oxygens (including phenoxy) is 1. The molecule has 0 bridgehead atoms. The second-order valence-corrected chi connectivity index (χ2v) is 8.94. The third-order valence-electron chi connectivity index (χ3n) is 6.40. The standard InChI is InChI=1S/C24H29FN2O2/c1-16-8-9-22(29-4)20(12-16)23(28)26-11-10-21-17(15-26)14-24(2,3)27(21)19-7-5-6-18(25)13-19/h5-9,12-13,17,21H,10-11,14-15H2,1-4H3/t17-,21+/m1/s1. The number of fused-ring (bicyclic) bond motifs is 1.